The number of methoxy groups -OCH3 is 1. The van der Waals surface area contributed by atoms with Crippen LogP contribution in [0.15, 0.2) is 23.1 Å². The van der Waals surface area contributed by atoms with E-state index in [0.717, 1.165) is 34.8 Å². The average molecular weight is 240 g/mol. The molecule has 2 radical (unpaired) electrons. The molecule has 3 nitrogen and oxygen atoms in total. The molecule has 0 saturated heterocycles. The summed E-state index contributed by atoms with van der Waals surface area (Å²) in [6, 6.07) is 5.99. The SMILES string of the molecule is CCN1c2cccc(OC)c2SC1S[N]. The van der Waals surface area contributed by atoms with E-state index in [1.807, 2.05) is 12.1 Å². The molecule has 0 aliphatic carbocycles. The summed E-state index contributed by atoms with van der Waals surface area (Å²) in [5, 5.41) is 9.22. The Bertz CT molecular complexity index is 359. The zero-order chi connectivity index (χ0) is 10.8. The van der Waals surface area contributed by atoms with Gasteiger partial charge in [0.1, 0.15) is 10.5 Å². The number of rotatable bonds is 3. The highest BCUT2D eigenvalue weighted by atomic mass is 32.2. The summed E-state index contributed by atoms with van der Waals surface area (Å²) in [5.74, 6) is 0.882. The standard InChI is InChI=1S/C10H12N2OS2/c1-3-12-7-5-4-6-8(13-2)9(7)14-10(12)15-11/h4-6,10H,3H2,1-2H3. The molecule has 5 heteroatoms. The van der Waals surface area contributed by atoms with Crippen LogP contribution in [0.3, 0.4) is 0 Å². The molecule has 1 heterocycles. The van der Waals surface area contributed by atoms with E-state index >= 15 is 0 Å². The lowest BCUT2D eigenvalue weighted by molar-refractivity contribution is 0.405. The molecule has 0 spiro atoms. The Morgan fingerprint density at radius 3 is 3.00 bits per heavy atom. The first kappa shape index (κ1) is 11.0. The second-order valence-corrected chi connectivity index (χ2v) is 5.17. The largest absolute Gasteiger partial charge is 0.496 e. The Morgan fingerprint density at radius 1 is 1.60 bits per heavy atom. The molecule has 0 fully saturated rings. The van der Waals surface area contributed by atoms with Gasteiger partial charge < -0.3 is 9.64 Å². The predicted molar refractivity (Wildman–Crippen MR) is 65.4 cm³/mol. The highest BCUT2D eigenvalue weighted by Crippen LogP contribution is 2.50. The van der Waals surface area contributed by atoms with Gasteiger partial charge in [-0.2, -0.15) is 0 Å². The van der Waals surface area contributed by atoms with Crippen molar-refractivity contribution in [2.75, 3.05) is 18.6 Å². The molecule has 1 atom stereocenters. The molecule has 2 rings (SSSR count). The fourth-order valence-corrected chi connectivity index (χ4v) is 3.69. The van der Waals surface area contributed by atoms with Crippen LogP contribution in [0.4, 0.5) is 5.69 Å². The first-order chi connectivity index (χ1) is 7.31. The molecule has 15 heavy (non-hydrogen) atoms. The summed E-state index contributed by atoms with van der Waals surface area (Å²) in [6.07, 6.45) is 0. The third-order valence-electron chi connectivity index (χ3n) is 2.39. The summed E-state index contributed by atoms with van der Waals surface area (Å²) in [4.78, 5) is 3.28. The Morgan fingerprint density at radius 2 is 2.40 bits per heavy atom. The van der Waals surface area contributed by atoms with Crippen LogP contribution in [0.2, 0.25) is 0 Å². The van der Waals surface area contributed by atoms with Crippen LogP contribution in [0.1, 0.15) is 6.92 Å². The molecule has 0 amide bonds. The molecule has 80 valence electrons. The molecule has 0 bridgehead atoms. The third kappa shape index (κ3) is 1.79. The van der Waals surface area contributed by atoms with Gasteiger partial charge in [0.2, 0.25) is 0 Å². The summed E-state index contributed by atoms with van der Waals surface area (Å²) < 4.78 is 5.35. The van der Waals surface area contributed by atoms with Crippen LogP contribution < -0.4 is 14.8 Å². The number of fused-ring (bicyclic) bond motifs is 1. The number of benzene rings is 1. The van der Waals surface area contributed by atoms with Gasteiger partial charge in [-0.15, -0.1) is 0 Å². The molecule has 1 unspecified atom stereocenters. The summed E-state index contributed by atoms with van der Waals surface area (Å²) >= 11 is 2.51. The third-order valence-corrected chi connectivity index (χ3v) is 4.48. The number of thioether (sulfide) groups is 1. The minimum Gasteiger partial charge on any atom is -0.496 e. The van der Waals surface area contributed by atoms with Crippen molar-refractivity contribution in [3.63, 3.8) is 0 Å². The van der Waals surface area contributed by atoms with Gasteiger partial charge in [0.15, 0.2) is 0 Å². The predicted octanol–water partition coefficient (Wildman–Crippen LogP) is 2.63. The zero-order valence-electron chi connectivity index (χ0n) is 8.64. The number of hydrogen-bond acceptors (Lipinski definition) is 4. The molecule has 1 aromatic carbocycles. The summed E-state index contributed by atoms with van der Waals surface area (Å²) in [6.45, 7) is 2.96. The van der Waals surface area contributed by atoms with Crippen molar-refractivity contribution in [2.24, 2.45) is 0 Å². The van der Waals surface area contributed by atoms with Crippen molar-refractivity contribution in [3.05, 3.63) is 18.2 Å². The van der Waals surface area contributed by atoms with Crippen LogP contribution in [0.5, 0.6) is 5.75 Å². The second-order valence-electron chi connectivity index (χ2n) is 3.12. The van der Waals surface area contributed by atoms with E-state index in [4.69, 9.17) is 4.74 Å². The summed E-state index contributed by atoms with van der Waals surface area (Å²) in [7, 11) is 1.67. The molecular weight excluding hydrogens is 228 g/mol. The van der Waals surface area contributed by atoms with Gasteiger partial charge in [-0.1, -0.05) is 23.0 Å². The molecule has 1 aliphatic rings. The maximum absolute atomic E-state index is 9.22. The Labute approximate surface area is 98.5 Å². The van der Waals surface area contributed by atoms with Crippen LogP contribution in [-0.4, -0.2) is 18.4 Å². The fraction of sp³-hybridized carbons (Fsp3) is 0.400. The first-order valence-corrected chi connectivity index (χ1v) is 6.44. The Balaban J connectivity index is 2.41. The number of ether oxygens (including phenoxy) is 1. The lowest BCUT2D eigenvalue weighted by Crippen LogP contribution is -2.26. The lowest BCUT2D eigenvalue weighted by atomic mass is 10.3. The minimum atomic E-state index is 0.0429. The summed E-state index contributed by atoms with van der Waals surface area (Å²) in [5.41, 5.74) is 1.15. The highest BCUT2D eigenvalue weighted by molar-refractivity contribution is 8.16. The van der Waals surface area contributed by atoms with Crippen molar-refractivity contribution >= 4 is 29.4 Å². The average Bonchev–Trinajstić information content (AvgIpc) is 2.66. The van der Waals surface area contributed by atoms with Crippen molar-refractivity contribution in [2.45, 2.75) is 16.5 Å². The van der Waals surface area contributed by atoms with Gasteiger partial charge in [-0.25, -0.2) is 0 Å². The normalized spacial score (nSPS) is 19.1. The van der Waals surface area contributed by atoms with Gasteiger partial charge in [0.05, 0.1) is 17.7 Å². The van der Waals surface area contributed by atoms with E-state index in [9.17, 15) is 5.14 Å². The lowest BCUT2D eigenvalue weighted by Gasteiger charge is -2.21. The first-order valence-electron chi connectivity index (χ1n) is 4.72. The van der Waals surface area contributed by atoms with Gasteiger partial charge in [0, 0.05) is 6.54 Å². The topological polar surface area (TPSA) is 34.8 Å². The van der Waals surface area contributed by atoms with E-state index in [0.29, 0.717) is 0 Å². The van der Waals surface area contributed by atoms with Gasteiger partial charge in [-0.3, -0.25) is 0 Å². The van der Waals surface area contributed by atoms with Crippen molar-refractivity contribution in [3.8, 4) is 5.75 Å². The van der Waals surface area contributed by atoms with E-state index in [2.05, 4.69) is 17.9 Å². The molecule has 1 aliphatic heterocycles. The zero-order valence-corrected chi connectivity index (χ0v) is 10.3. The molecule has 0 saturated carbocycles. The van der Waals surface area contributed by atoms with E-state index in [-0.39, 0.29) is 4.71 Å². The monoisotopic (exact) mass is 240 g/mol. The molecule has 0 N–H and O–H groups in total. The maximum Gasteiger partial charge on any atom is 0.144 e. The van der Waals surface area contributed by atoms with Gasteiger partial charge >= 0.3 is 0 Å². The van der Waals surface area contributed by atoms with Crippen LogP contribution >= 0.6 is 23.7 Å². The van der Waals surface area contributed by atoms with Crippen LogP contribution in [-0.2, 0) is 0 Å². The van der Waals surface area contributed by atoms with Gasteiger partial charge in [0.25, 0.3) is 0 Å². The fourth-order valence-electron chi connectivity index (χ4n) is 1.69. The maximum atomic E-state index is 9.22. The molecule has 1 aromatic rings. The number of anilines is 1. The quantitative estimate of drug-likeness (QED) is 0.761. The van der Waals surface area contributed by atoms with Crippen LogP contribution in [0, 0.1) is 0 Å². The number of nitrogens with zero attached hydrogens (tertiary/aromatic N) is 2. The highest BCUT2D eigenvalue weighted by Gasteiger charge is 2.31. The number of hydrogen-bond donors (Lipinski definition) is 0. The minimum absolute atomic E-state index is 0.0429. The Hall–Kier alpha value is -0.520. The van der Waals surface area contributed by atoms with E-state index < -0.39 is 0 Å². The van der Waals surface area contributed by atoms with Crippen molar-refractivity contribution < 1.29 is 4.74 Å². The molecule has 0 aromatic heterocycles. The van der Waals surface area contributed by atoms with E-state index in [1.165, 1.54) is 0 Å². The van der Waals surface area contributed by atoms with Crippen molar-refractivity contribution in [1.29, 1.82) is 0 Å². The van der Waals surface area contributed by atoms with Crippen LogP contribution in [0.25, 0.3) is 0 Å². The van der Waals surface area contributed by atoms with E-state index in [1.54, 1.807) is 18.9 Å². The molecular formula is C10H12N2OS2. The Kier molecular flexibility index (Phi) is 3.33. The second kappa shape index (κ2) is 4.55. The van der Waals surface area contributed by atoms with Gasteiger partial charge in [-0.05, 0) is 31.0 Å². The smallest absolute Gasteiger partial charge is 0.144 e. The van der Waals surface area contributed by atoms with Crippen molar-refractivity contribution in [1.82, 2.24) is 5.14 Å².